The molecule has 2 aromatic carbocycles. The highest BCUT2D eigenvalue weighted by Gasteiger charge is 2.26. The number of aliphatic imine (C=N–C) groups is 1. The minimum absolute atomic E-state index is 0.00656. The first-order valence-electron chi connectivity index (χ1n) is 7.67. The van der Waals surface area contributed by atoms with Gasteiger partial charge >= 0.3 is 5.97 Å². The number of nitro benzene ring substituents is 1. The lowest BCUT2D eigenvalue weighted by Crippen LogP contribution is -2.06. The van der Waals surface area contributed by atoms with Crippen LogP contribution in [-0.2, 0) is 9.53 Å². The second kappa shape index (κ2) is 7.37. The number of benzene rings is 2. The third kappa shape index (κ3) is 3.73. The van der Waals surface area contributed by atoms with Crippen molar-refractivity contribution in [1.29, 1.82) is 0 Å². The molecule has 0 atom stereocenters. The Labute approximate surface area is 153 Å². The number of esters is 1. The van der Waals surface area contributed by atoms with E-state index in [0.29, 0.717) is 12.2 Å². The molecule has 0 N–H and O–H groups in total. The molecule has 0 bridgehead atoms. The Kier molecular flexibility index (Phi) is 4.99. The van der Waals surface area contributed by atoms with Crippen molar-refractivity contribution >= 4 is 35.2 Å². The van der Waals surface area contributed by atoms with Gasteiger partial charge in [0.25, 0.3) is 5.69 Å². The molecule has 0 unspecified atom stereocenters. The van der Waals surface area contributed by atoms with Gasteiger partial charge in [0.1, 0.15) is 5.75 Å². The van der Waals surface area contributed by atoms with Gasteiger partial charge in [-0.1, -0.05) is 23.7 Å². The fourth-order valence-electron chi connectivity index (χ4n) is 2.30. The summed E-state index contributed by atoms with van der Waals surface area (Å²) in [5, 5.41) is 10.8. The van der Waals surface area contributed by atoms with Crippen LogP contribution >= 0.6 is 11.6 Å². The van der Waals surface area contributed by atoms with Crippen LogP contribution in [0.3, 0.4) is 0 Å². The van der Waals surface area contributed by atoms with Crippen LogP contribution in [0.2, 0.25) is 5.02 Å². The predicted molar refractivity (Wildman–Crippen MR) is 96.3 cm³/mol. The fraction of sp³-hybridized carbons (Fsp3) is 0.111. The molecule has 0 amide bonds. The molecule has 0 aromatic heterocycles. The lowest BCUT2D eigenvalue weighted by atomic mass is 10.2. The number of hydrogen-bond donors (Lipinski definition) is 0. The average molecular weight is 373 g/mol. The number of rotatable bonds is 5. The average Bonchev–Trinajstić information content (AvgIpc) is 2.97. The van der Waals surface area contributed by atoms with Crippen LogP contribution in [-0.4, -0.2) is 23.4 Å². The maximum atomic E-state index is 12.0. The van der Waals surface area contributed by atoms with Gasteiger partial charge in [0, 0.05) is 12.1 Å². The summed E-state index contributed by atoms with van der Waals surface area (Å²) >= 11 is 6.05. The summed E-state index contributed by atoms with van der Waals surface area (Å²) in [5.74, 6) is 0.112. The Bertz CT molecular complexity index is 935. The van der Waals surface area contributed by atoms with Crippen molar-refractivity contribution in [2.24, 2.45) is 4.99 Å². The monoisotopic (exact) mass is 372 g/mol. The van der Waals surface area contributed by atoms with Gasteiger partial charge in [0.05, 0.1) is 22.1 Å². The molecule has 0 saturated carbocycles. The van der Waals surface area contributed by atoms with Crippen molar-refractivity contribution in [2.45, 2.75) is 6.92 Å². The van der Waals surface area contributed by atoms with Crippen LogP contribution in [0.5, 0.6) is 5.75 Å². The second-order valence-corrected chi connectivity index (χ2v) is 5.67. The van der Waals surface area contributed by atoms with E-state index in [1.54, 1.807) is 30.3 Å². The van der Waals surface area contributed by atoms with Crippen LogP contribution in [0, 0.1) is 10.1 Å². The maximum Gasteiger partial charge on any atom is 0.363 e. The molecule has 0 saturated heterocycles. The summed E-state index contributed by atoms with van der Waals surface area (Å²) in [7, 11) is 0. The number of carbonyl (C=O) groups is 1. The molecule has 1 heterocycles. The van der Waals surface area contributed by atoms with E-state index < -0.39 is 10.9 Å². The fourth-order valence-corrected chi connectivity index (χ4v) is 2.56. The van der Waals surface area contributed by atoms with E-state index in [1.165, 1.54) is 18.2 Å². The number of halogens is 1. The molecule has 1 aliphatic heterocycles. The zero-order valence-corrected chi connectivity index (χ0v) is 14.4. The summed E-state index contributed by atoms with van der Waals surface area (Å²) in [6, 6.07) is 11.0. The van der Waals surface area contributed by atoms with E-state index in [-0.39, 0.29) is 22.3 Å². The van der Waals surface area contributed by atoms with Crippen molar-refractivity contribution < 1.29 is 19.2 Å². The molecule has 132 valence electrons. The third-order valence-electron chi connectivity index (χ3n) is 3.51. The van der Waals surface area contributed by atoms with Crippen molar-refractivity contribution in [3.05, 3.63) is 74.4 Å². The molecule has 0 radical (unpaired) electrons. The molecule has 2 aromatic rings. The second-order valence-electron chi connectivity index (χ2n) is 5.26. The van der Waals surface area contributed by atoms with E-state index in [1.807, 2.05) is 6.92 Å². The van der Waals surface area contributed by atoms with Gasteiger partial charge in [-0.2, -0.15) is 0 Å². The SMILES string of the molecule is CCOc1ccc(/C=C2/N=C(c3ccc([N+](=O)[O-])cc3Cl)OC2=O)cc1. The molecule has 0 spiro atoms. The van der Waals surface area contributed by atoms with Crippen LogP contribution < -0.4 is 4.74 Å². The van der Waals surface area contributed by atoms with Crippen molar-refractivity contribution in [2.75, 3.05) is 6.61 Å². The van der Waals surface area contributed by atoms with Crippen LogP contribution in [0.25, 0.3) is 6.08 Å². The van der Waals surface area contributed by atoms with Crippen LogP contribution in [0.4, 0.5) is 5.69 Å². The van der Waals surface area contributed by atoms with Gasteiger partial charge in [-0.3, -0.25) is 10.1 Å². The van der Waals surface area contributed by atoms with Gasteiger partial charge in [-0.05, 0) is 36.8 Å². The summed E-state index contributed by atoms with van der Waals surface area (Å²) < 4.78 is 10.5. The summed E-state index contributed by atoms with van der Waals surface area (Å²) in [6.07, 6.45) is 1.57. The molecular weight excluding hydrogens is 360 g/mol. The highest BCUT2D eigenvalue weighted by molar-refractivity contribution is 6.34. The zero-order valence-electron chi connectivity index (χ0n) is 13.6. The lowest BCUT2D eigenvalue weighted by molar-refractivity contribution is -0.384. The minimum Gasteiger partial charge on any atom is -0.494 e. The molecule has 1 aliphatic rings. The van der Waals surface area contributed by atoms with E-state index >= 15 is 0 Å². The number of cyclic esters (lactones) is 1. The standard InChI is InChI=1S/C18H13ClN2O5/c1-2-25-13-6-3-11(4-7-13)9-16-18(22)26-17(20-16)14-8-5-12(21(23)24)10-15(14)19/h3-10H,2H2,1H3/b16-9+. The van der Waals surface area contributed by atoms with Crippen molar-refractivity contribution in [1.82, 2.24) is 0 Å². The summed E-state index contributed by atoms with van der Waals surface area (Å²) in [5.41, 5.74) is 1.01. The number of hydrogen-bond acceptors (Lipinski definition) is 6. The summed E-state index contributed by atoms with van der Waals surface area (Å²) in [4.78, 5) is 26.4. The largest absolute Gasteiger partial charge is 0.494 e. The highest BCUT2D eigenvalue weighted by atomic mass is 35.5. The Morgan fingerprint density at radius 1 is 1.27 bits per heavy atom. The smallest absolute Gasteiger partial charge is 0.363 e. The van der Waals surface area contributed by atoms with E-state index in [2.05, 4.69) is 4.99 Å². The third-order valence-corrected chi connectivity index (χ3v) is 3.82. The molecule has 3 rings (SSSR count). The molecule has 7 nitrogen and oxygen atoms in total. The number of nitrogens with zero attached hydrogens (tertiary/aromatic N) is 2. The molecule has 0 fully saturated rings. The van der Waals surface area contributed by atoms with Gasteiger partial charge in [-0.25, -0.2) is 9.79 Å². The van der Waals surface area contributed by atoms with Gasteiger partial charge in [0.2, 0.25) is 5.90 Å². The highest BCUT2D eigenvalue weighted by Crippen LogP contribution is 2.27. The zero-order chi connectivity index (χ0) is 18.7. The minimum atomic E-state index is -0.622. The Morgan fingerprint density at radius 2 is 2.00 bits per heavy atom. The summed E-state index contributed by atoms with van der Waals surface area (Å²) in [6.45, 7) is 2.46. The Morgan fingerprint density at radius 3 is 2.62 bits per heavy atom. The normalized spacial score (nSPS) is 14.9. The number of ether oxygens (including phenoxy) is 2. The van der Waals surface area contributed by atoms with E-state index in [9.17, 15) is 14.9 Å². The topological polar surface area (TPSA) is 91.0 Å². The number of nitro groups is 1. The maximum absolute atomic E-state index is 12.0. The molecule has 8 heteroatoms. The Balaban J connectivity index is 1.88. The van der Waals surface area contributed by atoms with Crippen molar-refractivity contribution in [3.8, 4) is 5.75 Å². The quantitative estimate of drug-likeness (QED) is 0.342. The van der Waals surface area contributed by atoms with Crippen LogP contribution in [0.1, 0.15) is 18.1 Å². The first kappa shape index (κ1) is 17.6. The van der Waals surface area contributed by atoms with Crippen molar-refractivity contribution in [3.63, 3.8) is 0 Å². The van der Waals surface area contributed by atoms with E-state index in [0.717, 1.165) is 11.3 Å². The van der Waals surface area contributed by atoms with Gasteiger partial charge in [0.15, 0.2) is 5.70 Å². The van der Waals surface area contributed by atoms with Gasteiger partial charge < -0.3 is 9.47 Å². The first-order valence-corrected chi connectivity index (χ1v) is 8.05. The lowest BCUT2D eigenvalue weighted by Gasteiger charge is -2.02. The first-order chi connectivity index (χ1) is 12.5. The van der Waals surface area contributed by atoms with E-state index in [4.69, 9.17) is 21.1 Å². The van der Waals surface area contributed by atoms with Gasteiger partial charge in [-0.15, -0.1) is 0 Å². The predicted octanol–water partition coefficient (Wildman–Crippen LogP) is 3.99. The molecular formula is C18H13ClN2O5. The molecule has 26 heavy (non-hydrogen) atoms. The Hall–Kier alpha value is -3.19. The van der Waals surface area contributed by atoms with Crippen LogP contribution in [0.15, 0.2) is 53.2 Å². The number of non-ortho nitro benzene ring substituents is 1. The number of carbonyl (C=O) groups excluding carboxylic acids is 1. The molecule has 0 aliphatic carbocycles.